The van der Waals surface area contributed by atoms with Crippen LogP contribution in [0.4, 0.5) is 4.39 Å². The number of thioether (sulfide) groups is 1. The number of aliphatic carboxylic acids is 1. The van der Waals surface area contributed by atoms with E-state index in [0.29, 0.717) is 36.3 Å². The molecule has 0 bridgehead atoms. The Morgan fingerprint density at radius 2 is 2.25 bits per heavy atom. The third-order valence-electron chi connectivity index (χ3n) is 3.39. The van der Waals surface area contributed by atoms with Gasteiger partial charge in [-0.15, -0.1) is 0 Å². The molecule has 0 spiro atoms. The lowest BCUT2D eigenvalue weighted by atomic mass is 10.1. The van der Waals surface area contributed by atoms with E-state index in [1.807, 2.05) is 6.26 Å². The molecule has 6 heteroatoms. The Hall–Kier alpha value is -1.56. The molecule has 1 fully saturated rings. The van der Waals surface area contributed by atoms with Gasteiger partial charge in [-0.25, -0.2) is 9.18 Å². The molecule has 2 rings (SSSR count). The van der Waals surface area contributed by atoms with E-state index in [9.17, 15) is 14.0 Å². The predicted molar refractivity (Wildman–Crippen MR) is 75.3 cm³/mol. The van der Waals surface area contributed by atoms with Crippen LogP contribution in [0.2, 0.25) is 0 Å². The third kappa shape index (κ3) is 2.95. The van der Waals surface area contributed by atoms with Crippen molar-refractivity contribution in [3.05, 3.63) is 35.1 Å². The maximum absolute atomic E-state index is 13.6. The molecule has 1 aromatic rings. The Morgan fingerprint density at radius 3 is 2.90 bits per heavy atom. The van der Waals surface area contributed by atoms with Gasteiger partial charge in [-0.2, -0.15) is 11.8 Å². The number of carboxylic acids is 1. The van der Waals surface area contributed by atoms with E-state index in [-0.39, 0.29) is 11.7 Å². The minimum atomic E-state index is -0.984. The fourth-order valence-corrected chi connectivity index (χ4v) is 2.94. The Morgan fingerprint density at radius 1 is 1.50 bits per heavy atom. The zero-order chi connectivity index (χ0) is 14.7. The first kappa shape index (κ1) is 14.8. The molecule has 1 amide bonds. The quantitative estimate of drug-likeness (QED) is 0.927. The molecule has 1 saturated heterocycles. The van der Waals surface area contributed by atoms with Gasteiger partial charge in [0.1, 0.15) is 11.9 Å². The molecule has 4 nitrogen and oxygen atoms in total. The van der Waals surface area contributed by atoms with Gasteiger partial charge < -0.3 is 10.0 Å². The standard InChI is InChI=1S/C14H16FNO3S/c1-20-8-10-7-9(4-5-11(10)15)13(17)16-6-2-3-12(16)14(18)19/h4-5,7,12H,2-3,6,8H2,1H3,(H,18,19)/t12-/m0/s1. The number of carbonyl (C=O) groups excluding carboxylic acids is 1. The Labute approximate surface area is 121 Å². The molecular formula is C14H16FNO3S. The smallest absolute Gasteiger partial charge is 0.326 e. The largest absolute Gasteiger partial charge is 0.480 e. The lowest BCUT2D eigenvalue weighted by Gasteiger charge is -2.21. The summed E-state index contributed by atoms with van der Waals surface area (Å²) in [4.78, 5) is 24.8. The fraction of sp³-hybridized carbons (Fsp3) is 0.429. The van der Waals surface area contributed by atoms with E-state index in [4.69, 9.17) is 5.11 Å². The van der Waals surface area contributed by atoms with Crippen molar-refractivity contribution in [1.82, 2.24) is 4.90 Å². The first-order valence-corrected chi connectivity index (χ1v) is 7.75. The van der Waals surface area contributed by atoms with Gasteiger partial charge in [-0.3, -0.25) is 4.79 Å². The van der Waals surface area contributed by atoms with Gasteiger partial charge in [-0.05, 0) is 42.9 Å². The highest BCUT2D eigenvalue weighted by Crippen LogP contribution is 2.22. The SMILES string of the molecule is CSCc1cc(C(=O)N2CCC[C@H]2C(=O)O)ccc1F. The van der Waals surface area contributed by atoms with E-state index in [1.54, 1.807) is 0 Å². The number of hydrogen-bond acceptors (Lipinski definition) is 3. The van der Waals surface area contributed by atoms with Gasteiger partial charge in [0.25, 0.3) is 5.91 Å². The summed E-state index contributed by atoms with van der Waals surface area (Å²) in [7, 11) is 0. The molecule has 1 N–H and O–H groups in total. The number of nitrogens with zero attached hydrogens (tertiary/aromatic N) is 1. The topological polar surface area (TPSA) is 57.6 Å². The summed E-state index contributed by atoms with van der Waals surface area (Å²) in [5.74, 6) is -1.18. The van der Waals surface area contributed by atoms with Gasteiger partial charge in [0.15, 0.2) is 0 Å². The molecule has 1 aromatic carbocycles. The van der Waals surface area contributed by atoms with Crippen molar-refractivity contribution in [3.63, 3.8) is 0 Å². The van der Waals surface area contributed by atoms with Crippen molar-refractivity contribution in [1.29, 1.82) is 0 Å². The van der Waals surface area contributed by atoms with E-state index in [1.165, 1.54) is 34.9 Å². The van der Waals surface area contributed by atoms with E-state index < -0.39 is 12.0 Å². The monoisotopic (exact) mass is 297 g/mol. The maximum Gasteiger partial charge on any atom is 0.326 e. The van der Waals surface area contributed by atoms with Crippen LogP contribution in [0.3, 0.4) is 0 Å². The minimum absolute atomic E-state index is 0.336. The van der Waals surface area contributed by atoms with Crippen LogP contribution in [0.1, 0.15) is 28.8 Å². The second-order valence-electron chi connectivity index (χ2n) is 4.73. The summed E-state index contributed by atoms with van der Waals surface area (Å²) in [5.41, 5.74) is 0.818. The number of hydrogen-bond donors (Lipinski definition) is 1. The van der Waals surface area contributed by atoms with Crippen LogP contribution in [0.5, 0.6) is 0 Å². The zero-order valence-corrected chi connectivity index (χ0v) is 12.0. The number of rotatable bonds is 4. The number of likely N-dealkylation sites (tertiary alicyclic amines) is 1. The lowest BCUT2D eigenvalue weighted by molar-refractivity contribution is -0.141. The van der Waals surface area contributed by atoms with Crippen molar-refractivity contribution in [3.8, 4) is 0 Å². The molecule has 1 aliphatic heterocycles. The van der Waals surface area contributed by atoms with Crippen molar-refractivity contribution in [2.45, 2.75) is 24.6 Å². The van der Waals surface area contributed by atoms with Crippen LogP contribution >= 0.6 is 11.8 Å². The number of benzene rings is 1. The molecule has 0 radical (unpaired) electrons. The summed E-state index contributed by atoms with van der Waals surface area (Å²) in [6, 6.07) is 3.44. The van der Waals surface area contributed by atoms with Crippen LogP contribution in [0.25, 0.3) is 0 Å². The highest BCUT2D eigenvalue weighted by molar-refractivity contribution is 7.97. The van der Waals surface area contributed by atoms with Gasteiger partial charge in [-0.1, -0.05) is 0 Å². The molecule has 0 aliphatic carbocycles. The fourth-order valence-electron chi connectivity index (χ4n) is 2.41. The van der Waals surface area contributed by atoms with Gasteiger partial charge in [0, 0.05) is 17.9 Å². The number of carboxylic acid groups (broad SMARTS) is 1. The highest BCUT2D eigenvalue weighted by atomic mass is 32.2. The van der Waals surface area contributed by atoms with E-state index >= 15 is 0 Å². The molecule has 1 atom stereocenters. The third-order valence-corrected chi connectivity index (χ3v) is 3.99. The molecule has 0 unspecified atom stereocenters. The summed E-state index contributed by atoms with van der Waals surface area (Å²) < 4.78 is 13.6. The lowest BCUT2D eigenvalue weighted by Crippen LogP contribution is -2.40. The molecule has 20 heavy (non-hydrogen) atoms. The van der Waals surface area contributed by atoms with Crippen LogP contribution in [0.15, 0.2) is 18.2 Å². The first-order chi connectivity index (χ1) is 9.54. The van der Waals surface area contributed by atoms with Gasteiger partial charge >= 0.3 is 5.97 Å². The number of carbonyl (C=O) groups is 2. The van der Waals surface area contributed by atoms with Crippen molar-refractivity contribution in [2.75, 3.05) is 12.8 Å². The van der Waals surface area contributed by atoms with E-state index in [2.05, 4.69) is 0 Å². The summed E-state index contributed by atoms with van der Waals surface area (Å²) in [6.45, 7) is 0.436. The summed E-state index contributed by atoms with van der Waals surface area (Å²) in [5, 5.41) is 9.11. The molecule has 1 aliphatic rings. The minimum Gasteiger partial charge on any atom is -0.480 e. The normalized spacial score (nSPS) is 18.3. The maximum atomic E-state index is 13.6. The van der Waals surface area contributed by atoms with Crippen molar-refractivity contribution >= 4 is 23.6 Å². The van der Waals surface area contributed by atoms with Gasteiger partial charge in [0.05, 0.1) is 0 Å². The average Bonchev–Trinajstić information content (AvgIpc) is 2.90. The Kier molecular flexibility index (Phi) is 4.65. The summed E-state index contributed by atoms with van der Waals surface area (Å²) >= 11 is 1.47. The van der Waals surface area contributed by atoms with Gasteiger partial charge in [0.2, 0.25) is 0 Å². The first-order valence-electron chi connectivity index (χ1n) is 6.35. The average molecular weight is 297 g/mol. The second kappa shape index (κ2) is 6.26. The van der Waals surface area contributed by atoms with Crippen LogP contribution in [-0.2, 0) is 10.5 Å². The number of amides is 1. The highest BCUT2D eigenvalue weighted by Gasteiger charge is 2.34. The summed E-state index contributed by atoms with van der Waals surface area (Å²) in [6.07, 6.45) is 3.01. The van der Waals surface area contributed by atoms with Crippen LogP contribution < -0.4 is 0 Å². The van der Waals surface area contributed by atoms with Crippen molar-refractivity contribution in [2.24, 2.45) is 0 Å². The zero-order valence-electron chi connectivity index (χ0n) is 11.1. The van der Waals surface area contributed by atoms with E-state index in [0.717, 1.165) is 0 Å². The number of halogens is 1. The molecule has 108 valence electrons. The predicted octanol–water partition coefficient (Wildman–Crippen LogP) is 2.38. The molecule has 0 saturated carbocycles. The molecule has 1 heterocycles. The molecular weight excluding hydrogens is 281 g/mol. The molecule has 0 aromatic heterocycles. The van der Waals surface area contributed by atoms with Crippen LogP contribution in [-0.4, -0.2) is 40.7 Å². The Bertz CT molecular complexity index is 535. The Balaban J connectivity index is 2.24. The second-order valence-corrected chi connectivity index (χ2v) is 5.60. The van der Waals surface area contributed by atoms with Crippen molar-refractivity contribution < 1.29 is 19.1 Å². The van der Waals surface area contributed by atoms with Crippen LogP contribution in [0, 0.1) is 5.82 Å².